The molecule has 1 heterocycles. The van der Waals surface area contributed by atoms with Gasteiger partial charge in [-0.25, -0.2) is 0 Å². The molecule has 0 spiro atoms. The number of H-pyrrole nitrogens is 1. The quantitative estimate of drug-likeness (QED) is 0.709. The summed E-state index contributed by atoms with van der Waals surface area (Å²) in [7, 11) is 0. The van der Waals surface area contributed by atoms with Crippen molar-refractivity contribution in [1.29, 1.82) is 0 Å². The number of hydrogen-bond donors (Lipinski definition) is 3. The molecule has 5 heteroatoms. The maximum atomic E-state index is 11.8. The summed E-state index contributed by atoms with van der Waals surface area (Å²) in [5.74, 6) is 0.650. The molecule has 1 amide bonds. The topological polar surface area (TPSA) is 83.8 Å². The van der Waals surface area contributed by atoms with Crippen LogP contribution < -0.4 is 11.1 Å². The second kappa shape index (κ2) is 5.53. The Kier molecular flexibility index (Phi) is 4.34. The van der Waals surface area contributed by atoms with E-state index in [0.717, 1.165) is 12.8 Å². The number of carbonyl (C=O) groups excluding carboxylic acids is 1. The van der Waals surface area contributed by atoms with Crippen molar-refractivity contribution in [2.24, 2.45) is 5.92 Å². The molecule has 0 bridgehead atoms. The number of nitrogens with zero attached hydrogens (tertiary/aromatic N) is 1. The predicted octanol–water partition coefficient (Wildman–Crippen LogP) is 1.55. The third-order valence-electron chi connectivity index (χ3n) is 3.03. The molecule has 1 aromatic rings. The largest absolute Gasteiger partial charge is 0.383 e. The minimum absolute atomic E-state index is 0.150. The maximum Gasteiger partial charge on any atom is 0.256 e. The third-order valence-corrected chi connectivity index (χ3v) is 3.03. The van der Waals surface area contributed by atoms with Gasteiger partial charge in [0.15, 0.2) is 0 Å². The molecule has 0 aliphatic rings. The van der Waals surface area contributed by atoms with E-state index in [-0.39, 0.29) is 11.9 Å². The Morgan fingerprint density at radius 1 is 1.56 bits per heavy atom. The number of aromatic amines is 1. The van der Waals surface area contributed by atoms with E-state index in [4.69, 9.17) is 5.73 Å². The number of nitrogens with one attached hydrogen (secondary N) is 2. The molecular weight excluding hydrogens is 204 g/mol. The molecule has 5 nitrogen and oxygen atoms in total. The van der Waals surface area contributed by atoms with Crippen LogP contribution in [0.25, 0.3) is 0 Å². The van der Waals surface area contributed by atoms with Gasteiger partial charge < -0.3 is 11.1 Å². The number of rotatable bonds is 5. The van der Waals surface area contributed by atoms with E-state index in [2.05, 4.69) is 29.4 Å². The van der Waals surface area contributed by atoms with Crippen molar-refractivity contribution in [2.45, 2.75) is 39.7 Å². The van der Waals surface area contributed by atoms with Crippen molar-refractivity contribution >= 4 is 11.7 Å². The van der Waals surface area contributed by atoms with Crippen molar-refractivity contribution in [3.8, 4) is 0 Å². The minimum Gasteiger partial charge on any atom is -0.383 e. The first-order chi connectivity index (χ1) is 7.60. The standard InChI is InChI=1S/C11H20N4O/c1-4-8(5-2)7(3)14-11(16)9-6-13-15-10(9)12/h6-8H,4-5H2,1-3H3,(H,14,16)(H3,12,13,15). The summed E-state index contributed by atoms with van der Waals surface area (Å²) in [6, 6.07) is 0.150. The van der Waals surface area contributed by atoms with E-state index in [1.165, 1.54) is 6.20 Å². The summed E-state index contributed by atoms with van der Waals surface area (Å²) in [5.41, 5.74) is 5.99. The number of amides is 1. The number of anilines is 1. The van der Waals surface area contributed by atoms with Gasteiger partial charge >= 0.3 is 0 Å². The molecule has 1 rings (SSSR count). The van der Waals surface area contributed by atoms with Crippen molar-refractivity contribution < 1.29 is 4.79 Å². The fraction of sp³-hybridized carbons (Fsp3) is 0.636. The molecule has 0 saturated carbocycles. The van der Waals surface area contributed by atoms with Crippen LogP contribution in [0.3, 0.4) is 0 Å². The van der Waals surface area contributed by atoms with Gasteiger partial charge in [0.2, 0.25) is 0 Å². The molecule has 0 aliphatic carbocycles. The van der Waals surface area contributed by atoms with Crippen LogP contribution in [0.15, 0.2) is 6.20 Å². The molecule has 0 saturated heterocycles. The molecular formula is C11H20N4O. The van der Waals surface area contributed by atoms with Crippen LogP contribution in [-0.4, -0.2) is 22.1 Å². The highest BCUT2D eigenvalue weighted by molar-refractivity contribution is 5.98. The Morgan fingerprint density at radius 2 is 2.19 bits per heavy atom. The molecule has 90 valence electrons. The molecule has 1 unspecified atom stereocenters. The Hall–Kier alpha value is -1.52. The van der Waals surface area contributed by atoms with Gasteiger partial charge in [0.1, 0.15) is 11.4 Å². The smallest absolute Gasteiger partial charge is 0.256 e. The first-order valence-electron chi connectivity index (χ1n) is 5.69. The van der Waals surface area contributed by atoms with Gasteiger partial charge in [0.05, 0.1) is 6.20 Å². The molecule has 0 aromatic carbocycles. The normalized spacial score (nSPS) is 12.8. The van der Waals surface area contributed by atoms with E-state index >= 15 is 0 Å². The lowest BCUT2D eigenvalue weighted by Gasteiger charge is -2.22. The second-order valence-corrected chi connectivity index (χ2v) is 4.04. The highest BCUT2D eigenvalue weighted by Gasteiger charge is 2.18. The van der Waals surface area contributed by atoms with Crippen LogP contribution in [0.1, 0.15) is 44.0 Å². The summed E-state index contributed by atoms with van der Waals surface area (Å²) >= 11 is 0. The highest BCUT2D eigenvalue weighted by atomic mass is 16.1. The summed E-state index contributed by atoms with van der Waals surface area (Å²) in [4.78, 5) is 11.8. The fourth-order valence-electron chi connectivity index (χ4n) is 1.88. The van der Waals surface area contributed by atoms with Gasteiger partial charge in [-0.2, -0.15) is 5.10 Å². The SMILES string of the molecule is CCC(CC)C(C)NC(=O)c1cn[nH]c1N. The molecule has 0 aliphatic heterocycles. The number of nitrogen functional groups attached to an aromatic ring is 1. The monoisotopic (exact) mass is 224 g/mol. The average Bonchev–Trinajstić information content (AvgIpc) is 2.66. The van der Waals surface area contributed by atoms with Crippen molar-refractivity contribution in [3.63, 3.8) is 0 Å². The molecule has 16 heavy (non-hydrogen) atoms. The number of carbonyl (C=O) groups is 1. The van der Waals surface area contributed by atoms with Gasteiger partial charge in [-0.05, 0) is 12.8 Å². The number of nitrogens with two attached hydrogens (primary N) is 1. The van der Waals surface area contributed by atoms with Crippen molar-refractivity contribution in [3.05, 3.63) is 11.8 Å². The van der Waals surface area contributed by atoms with Crippen LogP contribution >= 0.6 is 0 Å². The third kappa shape index (κ3) is 2.74. The predicted molar refractivity (Wildman–Crippen MR) is 64.0 cm³/mol. The summed E-state index contributed by atoms with van der Waals surface area (Å²) < 4.78 is 0. The molecule has 1 aromatic heterocycles. The van der Waals surface area contributed by atoms with Crippen LogP contribution in [0.5, 0.6) is 0 Å². The highest BCUT2D eigenvalue weighted by Crippen LogP contribution is 2.14. The lowest BCUT2D eigenvalue weighted by atomic mass is 9.95. The molecule has 0 fully saturated rings. The van der Waals surface area contributed by atoms with E-state index in [0.29, 0.717) is 17.3 Å². The van der Waals surface area contributed by atoms with E-state index in [1.807, 2.05) is 6.92 Å². The van der Waals surface area contributed by atoms with Gasteiger partial charge in [0, 0.05) is 6.04 Å². The molecule has 4 N–H and O–H groups in total. The van der Waals surface area contributed by atoms with Gasteiger partial charge in [-0.1, -0.05) is 26.7 Å². The zero-order valence-electron chi connectivity index (χ0n) is 10.1. The lowest BCUT2D eigenvalue weighted by Crippen LogP contribution is -2.37. The zero-order chi connectivity index (χ0) is 12.1. The second-order valence-electron chi connectivity index (χ2n) is 4.04. The maximum absolute atomic E-state index is 11.8. The molecule has 1 atom stereocenters. The Balaban J connectivity index is 2.61. The van der Waals surface area contributed by atoms with Crippen molar-refractivity contribution in [2.75, 3.05) is 5.73 Å². The first-order valence-corrected chi connectivity index (χ1v) is 5.69. The summed E-state index contributed by atoms with van der Waals surface area (Å²) in [6.45, 7) is 6.28. The lowest BCUT2D eigenvalue weighted by molar-refractivity contribution is 0.0926. The Labute approximate surface area is 95.8 Å². The van der Waals surface area contributed by atoms with E-state index in [9.17, 15) is 4.79 Å². The van der Waals surface area contributed by atoms with Gasteiger partial charge in [-0.3, -0.25) is 9.89 Å². The molecule has 0 radical (unpaired) electrons. The van der Waals surface area contributed by atoms with Gasteiger partial charge in [0.25, 0.3) is 5.91 Å². The Morgan fingerprint density at radius 3 is 2.62 bits per heavy atom. The number of aromatic nitrogens is 2. The van der Waals surface area contributed by atoms with Gasteiger partial charge in [-0.15, -0.1) is 0 Å². The average molecular weight is 224 g/mol. The fourth-order valence-corrected chi connectivity index (χ4v) is 1.88. The van der Waals surface area contributed by atoms with E-state index in [1.54, 1.807) is 0 Å². The first kappa shape index (κ1) is 12.5. The Bertz CT molecular complexity index is 344. The summed E-state index contributed by atoms with van der Waals surface area (Å²) in [6.07, 6.45) is 3.56. The minimum atomic E-state index is -0.161. The number of hydrogen-bond acceptors (Lipinski definition) is 3. The van der Waals surface area contributed by atoms with Crippen molar-refractivity contribution in [1.82, 2.24) is 15.5 Å². The van der Waals surface area contributed by atoms with Crippen LogP contribution in [0.2, 0.25) is 0 Å². The van der Waals surface area contributed by atoms with E-state index < -0.39 is 0 Å². The van der Waals surface area contributed by atoms with Crippen LogP contribution in [0, 0.1) is 5.92 Å². The zero-order valence-corrected chi connectivity index (χ0v) is 10.1. The summed E-state index contributed by atoms with van der Waals surface area (Å²) in [5, 5.41) is 9.22. The van der Waals surface area contributed by atoms with Crippen LogP contribution in [-0.2, 0) is 0 Å². The van der Waals surface area contributed by atoms with Crippen LogP contribution in [0.4, 0.5) is 5.82 Å².